The fourth-order valence-corrected chi connectivity index (χ4v) is 3.06. The number of anilines is 1. The number of benzene rings is 2. The summed E-state index contributed by atoms with van der Waals surface area (Å²) in [6, 6.07) is 11.3. The number of ether oxygens (including phenoxy) is 3. The number of imide groups is 1. The Kier molecular flexibility index (Phi) is 7.86. The average molecular weight is 467 g/mol. The number of urea groups is 1. The number of hydrogen-bond acceptors (Lipinski definition) is 7. The van der Waals surface area contributed by atoms with Crippen molar-refractivity contribution in [3.63, 3.8) is 0 Å². The standard InChI is InChI=1S/C24H25N3O7/c1-4-33-20-12-16(7-10-19(20)34-14-22(29)32-3)11-18-23(30)27(24(31)26-18)13-21(28)25-17-8-5-15(2)6-9-17/h5-12H,4,13-14H2,1-3H3,(H,25,28)(H,26,31)/b18-11+. The van der Waals surface area contributed by atoms with Gasteiger partial charge in [0, 0.05) is 5.69 Å². The lowest BCUT2D eigenvalue weighted by Crippen LogP contribution is -2.38. The van der Waals surface area contributed by atoms with Gasteiger partial charge in [-0.2, -0.15) is 0 Å². The molecule has 0 aromatic heterocycles. The molecule has 1 heterocycles. The van der Waals surface area contributed by atoms with Gasteiger partial charge in [0.2, 0.25) is 5.91 Å². The van der Waals surface area contributed by atoms with Gasteiger partial charge in [-0.1, -0.05) is 23.8 Å². The Bertz CT molecular complexity index is 1130. The van der Waals surface area contributed by atoms with Gasteiger partial charge in [0.15, 0.2) is 18.1 Å². The van der Waals surface area contributed by atoms with Gasteiger partial charge in [0.1, 0.15) is 12.2 Å². The second-order valence-electron chi connectivity index (χ2n) is 7.30. The lowest BCUT2D eigenvalue weighted by Gasteiger charge is -2.12. The number of aryl methyl sites for hydroxylation is 1. The molecule has 34 heavy (non-hydrogen) atoms. The van der Waals surface area contributed by atoms with Crippen LogP contribution in [0.3, 0.4) is 0 Å². The Morgan fingerprint density at radius 1 is 1.06 bits per heavy atom. The summed E-state index contributed by atoms with van der Waals surface area (Å²) in [5.74, 6) is -0.996. The van der Waals surface area contributed by atoms with Crippen molar-refractivity contribution in [2.75, 3.05) is 32.2 Å². The number of nitrogens with one attached hydrogen (secondary N) is 2. The fraction of sp³-hybridized carbons (Fsp3) is 0.250. The molecule has 0 saturated carbocycles. The highest BCUT2D eigenvalue weighted by Crippen LogP contribution is 2.29. The summed E-state index contributed by atoms with van der Waals surface area (Å²) < 4.78 is 15.5. The fourth-order valence-electron chi connectivity index (χ4n) is 3.06. The normalized spacial score (nSPS) is 14.1. The second-order valence-corrected chi connectivity index (χ2v) is 7.30. The molecule has 0 spiro atoms. The maximum Gasteiger partial charge on any atom is 0.343 e. The van der Waals surface area contributed by atoms with E-state index in [9.17, 15) is 19.2 Å². The van der Waals surface area contributed by atoms with Gasteiger partial charge >= 0.3 is 12.0 Å². The van der Waals surface area contributed by atoms with Gasteiger partial charge in [-0.05, 0) is 49.8 Å². The molecule has 10 nitrogen and oxygen atoms in total. The highest BCUT2D eigenvalue weighted by Gasteiger charge is 2.35. The highest BCUT2D eigenvalue weighted by atomic mass is 16.6. The molecule has 0 aliphatic carbocycles. The molecule has 0 bridgehead atoms. The van der Waals surface area contributed by atoms with Crippen LogP contribution in [-0.4, -0.2) is 55.6 Å². The topological polar surface area (TPSA) is 123 Å². The molecule has 1 aliphatic heterocycles. The van der Waals surface area contributed by atoms with E-state index >= 15 is 0 Å². The minimum absolute atomic E-state index is 0.0128. The lowest BCUT2D eigenvalue weighted by atomic mass is 10.1. The van der Waals surface area contributed by atoms with E-state index in [-0.39, 0.29) is 12.3 Å². The van der Waals surface area contributed by atoms with Gasteiger partial charge in [0.25, 0.3) is 5.91 Å². The summed E-state index contributed by atoms with van der Waals surface area (Å²) in [6.45, 7) is 3.34. The van der Waals surface area contributed by atoms with E-state index in [1.54, 1.807) is 37.3 Å². The van der Waals surface area contributed by atoms with E-state index < -0.39 is 30.4 Å². The second kappa shape index (κ2) is 11.0. The van der Waals surface area contributed by atoms with E-state index in [4.69, 9.17) is 9.47 Å². The summed E-state index contributed by atoms with van der Waals surface area (Å²) in [5, 5.41) is 5.14. The minimum atomic E-state index is -0.696. The first-order valence-corrected chi connectivity index (χ1v) is 10.5. The third-order valence-electron chi connectivity index (χ3n) is 4.75. The molecule has 1 fully saturated rings. The van der Waals surface area contributed by atoms with Crippen LogP contribution < -0.4 is 20.1 Å². The Morgan fingerprint density at radius 3 is 2.47 bits per heavy atom. The number of methoxy groups -OCH3 is 1. The van der Waals surface area contributed by atoms with Crippen LogP contribution in [0, 0.1) is 6.92 Å². The average Bonchev–Trinajstić information content (AvgIpc) is 3.07. The van der Waals surface area contributed by atoms with Gasteiger partial charge < -0.3 is 24.8 Å². The number of carbonyl (C=O) groups is 4. The van der Waals surface area contributed by atoms with Crippen LogP contribution in [-0.2, 0) is 19.1 Å². The molecule has 0 atom stereocenters. The van der Waals surface area contributed by atoms with E-state index in [2.05, 4.69) is 15.4 Å². The van der Waals surface area contributed by atoms with Gasteiger partial charge in [-0.25, -0.2) is 14.5 Å². The van der Waals surface area contributed by atoms with Crippen molar-refractivity contribution >= 4 is 35.6 Å². The molecule has 2 aromatic rings. The zero-order valence-corrected chi connectivity index (χ0v) is 19.0. The minimum Gasteiger partial charge on any atom is -0.490 e. The molecule has 1 aliphatic rings. The van der Waals surface area contributed by atoms with Crippen molar-refractivity contribution in [3.8, 4) is 11.5 Å². The molecule has 0 unspecified atom stereocenters. The molecule has 0 radical (unpaired) electrons. The Morgan fingerprint density at radius 2 is 1.79 bits per heavy atom. The van der Waals surface area contributed by atoms with Crippen LogP contribution >= 0.6 is 0 Å². The zero-order chi connectivity index (χ0) is 24.7. The molecule has 2 N–H and O–H groups in total. The molecule has 178 valence electrons. The van der Waals surface area contributed by atoms with Crippen molar-refractivity contribution in [1.82, 2.24) is 10.2 Å². The van der Waals surface area contributed by atoms with E-state index in [0.717, 1.165) is 10.5 Å². The number of esters is 1. The number of carbonyl (C=O) groups excluding carboxylic acids is 4. The molecule has 1 saturated heterocycles. The number of hydrogen-bond donors (Lipinski definition) is 2. The smallest absolute Gasteiger partial charge is 0.343 e. The summed E-state index contributed by atoms with van der Waals surface area (Å²) in [7, 11) is 1.26. The Balaban J connectivity index is 1.70. The van der Waals surface area contributed by atoms with Crippen molar-refractivity contribution in [2.45, 2.75) is 13.8 Å². The van der Waals surface area contributed by atoms with E-state index in [1.165, 1.54) is 13.2 Å². The zero-order valence-electron chi connectivity index (χ0n) is 19.0. The van der Waals surface area contributed by atoms with Crippen LogP contribution in [0.1, 0.15) is 18.1 Å². The van der Waals surface area contributed by atoms with E-state index in [1.807, 2.05) is 19.1 Å². The van der Waals surface area contributed by atoms with Crippen molar-refractivity contribution < 1.29 is 33.4 Å². The SMILES string of the molecule is CCOc1cc(/C=C2/NC(=O)N(CC(=O)Nc3ccc(C)cc3)C2=O)ccc1OCC(=O)OC. The van der Waals surface area contributed by atoms with Crippen LogP contribution in [0.5, 0.6) is 11.5 Å². The summed E-state index contributed by atoms with van der Waals surface area (Å²) in [5.41, 5.74) is 2.16. The molecular weight excluding hydrogens is 442 g/mol. The first kappa shape index (κ1) is 24.3. The van der Waals surface area contributed by atoms with Crippen LogP contribution in [0.15, 0.2) is 48.2 Å². The van der Waals surface area contributed by atoms with Gasteiger partial charge in [-0.3, -0.25) is 9.59 Å². The summed E-state index contributed by atoms with van der Waals surface area (Å²) in [4.78, 5) is 49.5. The third kappa shape index (κ3) is 6.12. The van der Waals surface area contributed by atoms with Crippen LogP contribution in [0.4, 0.5) is 10.5 Å². The first-order chi connectivity index (χ1) is 16.3. The third-order valence-corrected chi connectivity index (χ3v) is 4.75. The molecular formula is C24H25N3O7. The maximum atomic E-state index is 12.7. The lowest BCUT2D eigenvalue weighted by molar-refractivity contribution is -0.143. The molecule has 4 amide bonds. The molecule has 3 rings (SSSR count). The number of rotatable bonds is 9. The van der Waals surface area contributed by atoms with Gasteiger partial charge in [0.05, 0.1) is 13.7 Å². The van der Waals surface area contributed by atoms with Crippen LogP contribution in [0.25, 0.3) is 6.08 Å². The number of amides is 4. The Labute approximate surface area is 196 Å². The summed E-state index contributed by atoms with van der Waals surface area (Å²) in [6.07, 6.45) is 1.46. The van der Waals surface area contributed by atoms with Crippen molar-refractivity contribution in [2.24, 2.45) is 0 Å². The quantitative estimate of drug-likeness (QED) is 0.330. The monoisotopic (exact) mass is 467 g/mol. The van der Waals surface area contributed by atoms with Crippen LogP contribution in [0.2, 0.25) is 0 Å². The largest absolute Gasteiger partial charge is 0.490 e. The molecule has 2 aromatic carbocycles. The predicted molar refractivity (Wildman–Crippen MR) is 123 cm³/mol. The van der Waals surface area contributed by atoms with E-state index in [0.29, 0.717) is 29.4 Å². The number of nitrogens with zero attached hydrogens (tertiary/aromatic N) is 1. The maximum absolute atomic E-state index is 12.7. The Hall–Kier alpha value is -4.34. The van der Waals surface area contributed by atoms with Gasteiger partial charge in [-0.15, -0.1) is 0 Å². The first-order valence-electron chi connectivity index (χ1n) is 10.5. The molecule has 10 heteroatoms. The van der Waals surface area contributed by atoms with Crippen molar-refractivity contribution in [3.05, 3.63) is 59.3 Å². The predicted octanol–water partition coefficient (Wildman–Crippen LogP) is 2.48. The summed E-state index contributed by atoms with van der Waals surface area (Å²) >= 11 is 0. The highest BCUT2D eigenvalue weighted by molar-refractivity contribution is 6.16. The van der Waals surface area contributed by atoms with Crippen molar-refractivity contribution in [1.29, 1.82) is 0 Å².